The quantitative estimate of drug-likeness (QED) is 0.570. The number of likely N-dealkylation sites (N-methyl/N-ethyl adjacent to an activating group) is 1. The number of carbonyl (C=O) groups is 2. The third-order valence-electron chi connectivity index (χ3n) is 4.99. The van der Waals surface area contributed by atoms with Crippen LogP contribution in [0.15, 0.2) is 42.5 Å². The lowest BCUT2D eigenvalue weighted by Gasteiger charge is -2.33. The number of hydrogen-bond acceptors (Lipinski definition) is 4. The van der Waals surface area contributed by atoms with Crippen molar-refractivity contribution in [2.24, 2.45) is 0 Å². The van der Waals surface area contributed by atoms with Crippen molar-refractivity contribution in [3.8, 4) is 0 Å². The Bertz CT molecular complexity index is 1070. The minimum atomic E-state index is -3.78. The van der Waals surface area contributed by atoms with Crippen molar-refractivity contribution >= 4 is 50.7 Å². The van der Waals surface area contributed by atoms with Crippen LogP contribution in [-0.4, -0.2) is 51.0 Å². The van der Waals surface area contributed by atoms with Crippen LogP contribution in [0.5, 0.6) is 0 Å². The van der Waals surface area contributed by atoms with Gasteiger partial charge in [-0.1, -0.05) is 48.3 Å². The van der Waals surface area contributed by atoms with Gasteiger partial charge in [0.25, 0.3) is 0 Å². The number of anilines is 1. The highest BCUT2D eigenvalue weighted by molar-refractivity contribution is 7.92. The van der Waals surface area contributed by atoms with Crippen LogP contribution in [0.25, 0.3) is 0 Å². The fourth-order valence-corrected chi connectivity index (χ4v) is 4.70. The minimum absolute atomic E-state index is 0.0469. The van der Waals surface area contributed by atoms with Crippen molar-refractivity contribution in [1.82, 2.24) is 10.2 Å². The van der Waals surface area contributed by atoms with Crippen LogP contribution < -0.4 is 9.62 Å². The zero-order valence-corrected chi connectivity index (χ0v) is 20.8. The summed E-state index contributed by atoms with van der Waals surface area (Å²) in [7, 11) is -2.30. The molecule has 2 aromatic carbocycles. The Morgan fingerprint density at radius 1 is 1.09 bits per heavy atom. The molecule has 1 N–H and O–H groups in total. The highest BCUT2D eigenvalue weighted by Crippen LogP contribution is 2.27. The van der Waals surface area contributed by atoms with E-state index in [1.54, 1.807) is 43.3 Å². The molecule has 0 aromatic heterocycles. The van der Waals surface area contributed by atoms with E-state index in [4.69, 9.17) is 23.2 Å². The van der Waals surface area contributed by atoms with Crippen molar-refractivity contribution in [2.75, 3.05) is 24.2 Å². The summed E-state index contributed by atoms with van der Waals surface area (Å²) in [6, 6.07) is 11.0. The predicted octanol–water partition coefficient (Wildman–Crippen LogP) is 3.62. The molecule has 10 heteroatoms. The van der Waals surface area contributed by atoms with Crippen molar-refractivity contribution in [1.29, 1.82) is 0 Å². The van der Waals surface area contributed by atoms with Gasteiger partial charge in [0, 0.05) is 29.2 Å². The third kappa shape index (κ3) is 6.37. The first kappa shape index (κ1) is 26.0. The molecule has 2 aromatic rings. The Morgan fingerprint density at radius 2 is 1.69 bits per heavy atom. The summed E-state index contributed by atoms with van der Waals surface area (Å²) in [6.45, 7) is 3.08. The molecule has 0 aliphatic carbocycles. The molecule has 2 rings (SSSR count). The van der Waals surface area contributed by atoms with Gasteiger partial charge in [0.2, 0.25) is 21.8 Å². The fourth-order valence-electron chi connectivity index (χ4n) is 3.34. The first-order valence-corrected chi connectivity index (χ1v) is 12.6. The summed E-state index contributed by atoms with van der Waals surface area (Å²) in [6.07, 6.45) is 1.35. The van der Waals surface area contributed by atoms with Crippen LogP contribution >= 0.6 is 23.2 Å². The van der Waals surface area contributed by atoms with Gasteiger partial charge < -0.3 is 10.2 Å². The molecule has 0 aliphatic heterocycles. The van der Waals surface area contributed by atoms with E-state index >= 15 is 0 Å². The number of rotatable bonds is 9. The van der Waals surface area contributed by atoms with E-state index in [1.807, 2.05) is 13.0 Å². The molecule has 0 bridgehead atoms. The molecule has 0 unspecified atom stereocenters. The van der Waals surface area contributed by atoms with Crippen LogP contribution in [0.4, 0.5) is 5.69 Å². The summed E-state index contributed by atoms with van der Waals surface area (Å²) in [5.74, 6) is -0.922. The Kier molecular flexibility index (Phi) is 8.95. The summed E-state index contributed by atoms with van der Waals surface area (Å²) in [5.41, 5.74) is 1.69. The molecule has 0 radical (unpaired) electrons. The molecule has 0 saturated carbocycles. The number of halogens is 2. The zero-order chi connectivity index (χ0) is 24.1. The predicted molar refractivity (Wildman–Crippen MR) is 129 cm³/mol. The van der Waals surface area contributed by atoms with E-state index in [9.17, 15) is 18.0 Å². The summed E-state index contributed by atoms with van der Waals surface area (Å²) >= 11 is 12.6. The maximum Gasteiger partial charge on any atom is 0.244 e. The lowest BCUT2D eigenvalue weighted by Crippen LogP contribution is -2.51. The van der Waals surface area contributed by atoms with E-state index in [0.717, 1.165) is 16.1 Å². The zero-order valence-electron chi connectivity index (χ0n) is 18.4. The second-order valence-corrected chi connectivity index (χ2v) is 10.1. The number of sulfonamides is 1. The average molecular weight is 500 g/mol. The SMILES string of the molecule is CC[C@H](C(=O)NC)N(Cc1c(Cl)cccc1Cl)C(=O)CN(c1cccc(C)c1)S(C)(=O)=O. The minimum Gasteiger partial charge on any atom is -0.357 e. The van der Waals surface area contributed by atoms with Gasteiger partial charge in [-0.05, 0) is 43.2 Å². The maximum atomic E-state index is 13.5. The highest BCUT2D eigenvalue weighted by atomic mass is 35.5. The van der Waals surface area contributed by atoms with Crippen molar-refractivity contribution in [3.63, 3.8) is 0 Å². The number of amides is 2. The highest BCUT2D eigenvalue weighted by Gasteiger charge is 2.32. The molecule has 0 heterocycles. The topological polar surface area (TPSA) is 86.8 Å². The molecule has 0 aliphatic rings. The number of benzene rings is 2. The van der Waals surface area contributed by atoms with E-state index in [2.05, 4.69) is 5.32 Å². The van der Waals surface area contributed by atoms with Gasteiger partial charge in [-0.3, -0.25) is 13.9 Å². The number of nitrogens with zero attached hydrogens (tertiary/aromatic N) is 2. The standard InChI is InChI=1S/C22H27Cl2N3O4S/c1-5-20(22(29)25-3)26(13-17-18(23)10-7-11-19(17)24)21(28)14-27(32(4,30)31)16-9-6-8-15(2)12-16/h6-12,20H,5,13-14H2,1-4H3,(H,25,29)/t20-/m1/s1. The van der Waals surface area contributed by atoms with Gasteiger partial charge in [-0.25, -0.2) is 8.42 Å². The molecule has 174 valence electrons. The second-order valence-electron chi connectivity index (χ2n) is 7.37. The molecule has 0 fully saturated rings. The molecule has 0 saturated heterocycles. The molecule has 1 atom stereocenters. The molecule has 0 spiro atoms. The summed E-state index contributed by atoms with van der Waals surface area (Å²) in [4.78, 5) is 27.3. The van der Waals surface area contributed by atoms with Crippen LogP contribution in [-0.2, 0) is 26.2 Å². The molecular formula is C22H27Cl2N3O4S. The van der Waals surface area contributed by atoms with Crippen LogP contribution in [0.2, 0.25) is 10.0 Å². The third-order valence-corrected chi connectivity index (χ3v) is 6.84. The fraction of sp³-hybridized carbons (Fsp3) is 0.364. The van der Waals surface area contributed by atoms with E-state index in [1.165, 1.54) is 11.9 Å². The van der Waals surface area contributed by atoms with Crippen LogP contribution in [0, 0.1) is 6.92 Å². The molecule has 2 amide bonds. The normalized spacial score (nSPS) is 12.2. The number of hydrogen-bond donors (Lipinski definition) is 1. The van der Waals surface area contributed by atoms with Crippen molar-refractivity contribution in [3.05, 3.63) is 63.6 Å². The van der Waals surface area contributed by atoms with Crippen LogP contribution in [0.1, 0.15) is 24.5 Å². The Morgan fingerprint density at radius 3 is 2.19 bits per heavy atom. The lowest BCUT2D eigenvalue weighted by atomic mass is 10.1. The van der Waals surface area contributed by atoms with Gasteiger partial charge in [-0.15, -0.1) is 0 Å². The number of nitrogens with one attached hydrogen (secondary N) is 1. The average Bonchev–Trinajstić information content (AvgIpc) is 2.72. The van der Waals surface area contributed by atoms with Crippen molar-refractivity contribution < 1.29 is 18.0 Å². The Hall–Kier alpha value is -2.29. The molecule has 32 heavy (non-hydrogen) atoms. The maximum absolute atomic E-state index is 13.5. The van der Waals surface area contributed by atoms with E-state index in [0.29, 0.717) is 27.7 Å². The van der Waals surface area contributed by atoms with Gasteiger partial charge in [-0.2, -0.15) is 0 Å². The first-order valence-electron chi connectivity index (χ1n) is 9.97. The largest absolute Gasteiger partial charge is 0.357 e. The molecule has 7 nitrogen and oxygen atoms in total. The Balaban J connectivity index is 2.49. The number of aryl methyl sites for hydroxylation is 1. The van der Waals surface area contributed by atoms with E-state index in [-0.39, 0.29) is 12.5 Å². The van der Waals surface area contributed by atoms with Gasteiger partial charge in [0.15, 0.2) is 0 Å². The first-order chi connectivity index (χ1) is 15.0. The monoisotopic (exact) mass is 499 g/mol. The van der Waals surface area contributed by atoms with E-state index < -0.39 is 28.5 Å². The Labute approximate surface area is 199 Å². The molecular weight excluding hydrogens is 473 g/mol. The van der Waals surface area contributed by atoms with Gasteiger partial charge in [0.1, 0.15) is 12.6 Å². The van der Waals surface area contributed by atoms with Crippen LogP contribution in [0.3, 0.4) is 0 Å². The smallest absolute Gasteiger partial charge is 0.244 e. The van der Waals surface area contributed by atoms with Gasteiger partial charge in [0.05, 0.1) is 11.9 Å². The van der Waals surface area contributed by atoms with Crippen molar-refractivity contribution in [2.45, 2.75) is 32.9 Å². The second kappa shape index (κ2) is 11.0. The summed E-state index contributed by atoms with van der Waals surface area (Å²) < 4.78 is 26.1. The summed E-state index contributed by atoms with van der Waals surface area (Å²) in [5, 5.41) is 3.25. The lowest BCUT2D eigenvalue weighted by molar-refractivity contribution is -0.140. The number of carbonyl (C=O) groups excluding carboxylic acids is 2. The van der Waals surface area contributed by atoms with Gasteiger partial charge >= 0.3 is 0 Å².